The minimum Gasteiger partial charge on any atom is -0.507 e. The number of rotatable bonds is 5. The Kier molecular flexibility index (Phi) is 6.21. The van der Waals surface area contributed by atoms with Crippen molar-refractivity contribution in [2.45, 2.75) is 40.0 Å². The third-order valence-electron chi connectivity index (χ3n) is 5.40. The summed E-state index contributed by atoms with van der Waals surface area (Å²) in [5, 5.41) is 22.2. The third kappa shape index (κ3) is 4.12. The molecule has 0 unspecified atom stereocenters. The Balaban J connectivity index is 1.91. The fourth-order valence-corrected chi connectivity index (χ4v) is 3.83. The molecule has 3 rings (SSSR count). The Morgan fingerprint density at radius 3 is 2.64 bits per heavy atom. The predicted octanol–water partition coefficient (Wildman–Crippen LogP) is 6.37. The minimum atomic E-state index is 0.0942. The molecule has 144 valence electrons. The lowest BCUT2D eigenvalue weighted by atomic mass is 9.96. The maximum absolute atomic E-state index is 10.2. The lowest BCUT2D eigenvalue weighted by molar-refractivity contribution is 0.423. The Labute approximate surface area is 167 Å². The highest BCUT2D eigenvalue weighted by molar-refractivity contribution is 5.97. The summed E-state index contributed by atoms with van der Waals surface area (Å²) < 4.78 is 0. The molecule has 1 aliphatic rings. The molecule has 0 aliphatic carbocycles. The van der Waals surface area contributed by atoms with E-state index < -0.39 is 0 Å². The third-order valence-corrected chi connectivity index (χ3v) is 5.40. The van der Waals surface area contributed by atoms with Crippen molar-refractivity contribution < 1.29 is 5.11 Å². The predicted molar refractivity (Wildman–Crippen MR) is 118 cm³/mol. The first-order valence-electron chi connectivity index (χ1n) is 9.98. The van der Waals surface area contributed by atoms with Crippen LogP contribution >= 0.6 is 0 Å². The minimum absolute atomic E-state index is 0.0942. The quantitative estimate of drug-likeness (QED) is 0.377. The molecule has 1 N–H and O–H groups in total. The van der Waals surface area contributed by atoms with E-state index in [-0.39, 0.29) is 5.76 Å². The number of nitrogens with zero attached hydrogens (tertiary/aromatic N) is 2. The van der Waals surface area contributed by atoms with Gasteiger partial charge in [0, 0.05) is 24.2 Å². The monoisotopic (exact) mass is 372 g/mol. The van der Waals surface area contributed by atoms with Gasteiger partial charge in [-0.3, -0.25) is 0 Å². The number of benzene rings is 2. The van der Waals surface area contributed by atoms with Gasteiger partial charge in [-0.15, -0.1) is 0 Å². The van der Waals surface area contributed by atoms with Crippen LogP contribution in [-0.4, -0.2) is 18.2 Å². The van der Waals surface area contributed by atoms with Crippen LogP contribution in [0.1, 0.15) is 38.7 Å². The summed E-state index contributed by atoms with van der Waals surface area (Å²) in [5.41, 5.74) is 5.31. The number of hydrogen-bond donors (Lipinski definition) is 1. The van der Waals surface area contributed by atoms with Gasteiger partial charge < -0.3 is 10.0 Å². The zero-order valence-corrected chi connectivity index (χ0v) is 17.0. The Bertz CT molecular complexity index is 1000. The van der Waals surface area contributed by atoms with Gasteiger partial charge >= 0.3 is 0 Å². The standard InChI is InChI=1S/C25H28N2O/c1-4-5-12-24(28)22(16-26)15-21-13-14-27(17-19(21)3)23-11-7-10-20-9-6-8-18(2)25(20)23/h6-12,15,28H,4-5,13-14,17H2,1-3H3/b22-15-,24-12-. The van der Waals surface area contributed by atoms with E-state index in [1.165, 1.54) is 27.6 Å². The number of aliphatic hydroxyl groups is 1. The molecule has 0 bridgehead atoms. The largest absolute Gasteiger partial charge is 0.507 e. The molecule has 2 aromatic rings. The normalized spacial score (nSPS) is 15.9. The second kappa shape index (κ2) is 8.80. The zero-order valence-electron chi connectivity index (χ0n) is 17.0. The molecule has 0 spiro atoms. The first-order valence-corrected chi connectivity index (χ1v) is 9.98. The highest BCUT2D eigenvalue weighted by Crippen LogP contribution is 2.33. The molecule has 3 heteroatoms. The summed E-state index contributed by atoms with van der Waals surface area (Å²) >= 11 is 0. The summed E-state index contributed by atoms with van der Waals surface area (Å²) in [5.74, 6) is 0.0942. The summed E-state index contributed by atoms with van der Waals surface area (Å²) in [7, 11) is 0. The molecular formula is C25H28N2O. The Morgan fingerprint density at radius 2 is 1.96 bits per heavy atom. The van der Waals surface area contributed by atoms with Crippen molar-refractivity contribution in [3.8, 4) is 6.07 Å². The van der Waals surface area contributed by atoms with Crippen LogP contribution in [-0.2, 0) is 0 Å². The molecule has 0 aromatic heterocycles. The average molecular weight is 373 g/mol. The average Bonchev–Trinajstić information content (AvgIpc) is 2.71. The smallest absolute Gasteiger partial charge is 0.129 e. The molecule has 1 heterocycles. The fourth-order valence-electron chi connectivity index (χ4n) is 3.83. The SMILES string of the molecule is CCC/C=C(O)/C(C#N)=C\C1=C(C)CN(c2cccc3cccc(C)c23)CC1. The summed E-state index contributed by atoms with van der Waals surface area (Å²) in [6.45, 7) is 8.07. The van der Waals surface area contributed by atoms with E-state index in [9.17, 15) is 10.4 Å². The van der Waals surface area contributed by atoms with Crippen LogP contribution in [0.3, 0.4) is 0 Å². The first kappa shape index (κ1) is 19.8. The molecule has 1 aliphatic heterocycles. The van der Waals surface area contributed by atoms with Gasteiger partial charge in [0.05, 0.1) is 5.57 Å². The van der Waals surface area contributed by atoms with Crippen molar-refractivity contribution in [3.63, 3.8) is 0 Å². The van der Waals surface area contributed by atoms with E-state index in [2.05, 4.69) is 68.1 Å². The number of aliphatic hydroxyl groups excluding tert-OH is 1. The summed E-state index contributed by atoms with van der Waals surface area (Å²) in [6.07, 6.45) is 6.18. The second-order valence-corrected chi connectivity index (χ2v) is 7.48. The van der Waals surface area contributed by atoms with Crippen LogP contribution in [0.15, 0.2) is 71.0 Å². The zero-order chi connectivity index (χ0) is 20.1. The Morgan fingerprint density at radius 1 is 1.21 bits per heavy atom. The van der Waals surface area contributed by atoms with E-state index in [4.69, 9.17) is 0 Å². The van der Waals surface area contributed by atoms with Gasteiger partial charge in [-0.05, 0) is 61.4 Å². The number of unbranched alkanes of at least 4 members (excludes halogenated alkanes) is 1. The van der Waals surface area contributed by atoms with Crippen LogP contribution in [0.4, 0.5) is 5.69 Å². The van der Waals surface area contributed by atoms with E-state index in [0.29, 0.717) is 5.57 Å². The van der Waals surface area contributed by atoms with Crippen LogP contribution in [0.2, 0.25) is 0 Å². The van der Waals surface area contributed by atoms with Crippen molar-refractivity contribution in [2.75, 3.05) is 18.0 Å². The lowest BCUT2D eigenvalue weighted by Gasteiger charge is -2.32. The van der Waals surface area contributed by atoms with Gasteiger partial charge in [0.1, 0.15) is 11.8 Å². The molecule has 3 nitrogen and oxygen atoms in total. The first-order chi connectivity index (χ1) is 13.5. The molecule has 0 amide bonds. The van der Waals surface area contributed by atoms with E-state index in [1.807, 2.05) is 6.08 Å². The number of nitriles is 1. The van der Waals surface area contributed by atoms with Gasteiger partial charge in [0.2, 0.25) is 0 Å². The maximum atomic E-state index is 10.2. The number of aryl methyl sites for hydroxylation is 1. The van der Waals surface area contributed by atoms with E-state index in [1.54, 1.807) is 6.08 Å². The van der Waals surface area contributed by atoms with Crippen molar-refractivity contribution >= 4 is 16.5 Å². The lowest BCUT2D eigenvalue weighted by Crippen LogP contribution is -2.31. The van der Waals surface area contributed by atoms with Crippen molar-refractivity contribution in [3.05, 3.63) is 76.6 Å². The summed E-state index contributed by atoms with van der Waals surface area (Å²) in [6, 6.07) is 15.1. The fraction of sp³-hybridized carbons (Fsp3) is 0.320. The summed E-state index contributed by atoms with van der Waals surface area (Å²) in [4.78, 5) is 2.42. The van der Waals surface area contributed by atoms with E-state index in [0.717, 1.165) is 37.9 Å². The van der Waals surface area contributed by atoms with E-state index >= 15 is 0 Å². The molecule has 0 radical (unpaired) electrons. The molecule has 0 fully saturated rings. The van der Waals surface area contributed by atoms with Crippen LogP contribution in [0, 0.1) is 18.3 Å². The molecule has 0 saturated heterocycles. The number of anilines is 1. The number of allylic oxidation sites excluding steroid dienone is 3. The van der Waals surface area contributed by atoms with Gasteiger partial charge in [0.15, 0.2) is 0 Å². The number of hydrogen-bond acceptors (Lipinski definition) is 3. The van der Waals surface area contributed by atoms with Crippen molar-refractivity contribution in [2.24, 2.45) is 0 Å². The Hall–Kier alpha value is -2.99. The highest BCUT2D eigenvalue weighted by Gasteiger charge is 2.19. The second-order valence-electron chi connectivity index (χ2n) is 7.48. The topological polar surface area (TPSA) is 47.3 Å². The molecular weight excluding hydrogens is 344 g/mol. The van der Waals surface area contributed by atoms with Gasteiger partial charge in [0.25, 0.3) is 0 Å². The number of fused-ring (bicyclic) bond motifs is 1. The van der Waals surface area contributed by atoms with Gasteiger partial charge in [-0.2, -0.15) is 5.26 Å². The van der Waals surface area contributed by atoms with Crippen molar-refractivity contribution in [1.29, 1.82) is 5.26 Å². The molecule has 2 aromatic carbocycles. The van der Waals surface area contributed by atoms with Crippen LogP contribution in [0.25, 0.3) is 10.8 Å². The molecule has 0 atom stereocenters. The molecule has 28 heavy (non-hydrogen) atoms. The van der Waals surface area contributed by atoms with Crippen LogP contribution < -0.4 is 4.90 Å². The molecule has 0 saturated carbocycles. The van der Waals surface area contributed by atoms with Gasteiger partial charge in [-0.1, -0.05) is 49.2 Å². The van der Waals surface area contributed by atoms with Gasteiger partial charge in [-0.25, -0.2) is 0 Å². The van der Waals surface area contributed by atoms with Crippen molar-refractivity contribution in [1.82, 2.24) is 0 Å². The maximum Gasteiger partial charge on any atom is 0.129 e. The van der Waals surface area contributed by atoms with Crippen LogP contribution in [0.5, 0.6) is 0 Å². The highest BCUT2D eigenvalue weighted by atomic mass is 16.3.